The molecule has 3 aromatic rings. The molecule has 0 atom stereocenters. The third kappa shape index (κ3) is 5.08. The molecule has 2 N–H and O–H groups in total. The van der Waals surface area contributed by atoms with Crippen LogP contribution >= 0.6 is 23.4 Å². The second-order valence-corrected chi connectivity index (χ2v) is 7.25. The van der Waals surface area contributed by atoms with E-state index in [1.54, 1.807) is 30.3 Å². The van der Waals surface area contributed by atoms with Gasteiger partial charge in [-0.05, 0) is 59.3 Å². The first-order valence-electron chi connectivity index (χ1n) is 8.27. The fourth-order valence-electron chi connectivity index (χ4n) is 2.31. The van der Waals surface area contributed by atoms with Crippen LogP contribution in [-0.4, -0.2) is 37.8 Å². The Hall–Kier alpha value is -2.91. The van der Waals surface area contributed by atoms with E-state index < -0.39 is 0 Å². The molecule has 0 aliphatic heterocycles. The van der Waals surface area contributed by atoms with Crippen molar-refractivity contribution in [2.75, 3.05) is 16.4 Å². The van der Waals surface area contributed by atoms with Crippen LogP contribution in [0.4, 0.5) is 11.4 Å². The van der Waals surface area contributed by atoms with Crippen LogP contribution in [0.2, 0.25) is 5.02 Å². The van der Waals surface area contributed by atoms with Gasteiger partial charge in [-0.15, -0.1) is 5.10 Å². The number of nitrogens with one attached hydrogen (secondary N) is 2. The number of hydrogen-bond donors (Lipinski definition) is 2. The number of nitrogens with zero attached hydrogens (tertiary/aromatic N) is 4. The van der Waals surface area contributed by atoms with E-state index in [2.05, 4.69) is 26.2 Å². The number of tetrazole rings is 1. The molecular weight excluding hydrogens is 400 g/mol. The first kappa shape index (κ1) is 19.8. The predicted molar refractivity (Wildman–Crippen MR) is 109 cm³/mol. The Bertz CT molecular complexity index is 1010. The summed E-state index contributed by atoms with van der Waals surface area (Å²) < 4.78 is 1.53. The van der Waals surface area contributed by atoms with E-state index in [1.165, 1.54) is 23.4 Å². The van der Waals surface area contributed by atoms with Gasteiger partial charge in [0.05, 0.1) is 11.4 Å². The molecule has 0 unspecified atom stereocenters. The van der Waals surface area contributed by atoms with Crippen molar-refractivity contribution in [2.24, 2.45) is 0 Å². The second kappa shape index (κ2) is 8.85. The molecule has 2 aromatic carbocycles. The van der Waals surface area contributed by atoms with E-state index in [1.807, 2.05) is 19.1 Å². The number of rotatable bonds is 6. The molecule has 0 radical (unpaired) electrons. The van der Waals surface area contributed by atoms with Crippen LogP contribution < -0.4 is 10.6 Å². The summed E-state index contributed by atoms with van der Waals surface area (Å²) in [4.78, 5) is 23.2. The van der Waals surface area contributed by atoms with Crippen molar-refractivity contribution < 1.29 is 9.59 Å². The van der Waals surface area contributed by atoms with Crippen molar-refractivity contribution in [1.82, 2.24) is 20.2 Å². The van der Waals surface area contributed by atoms with Crippen molar-refractivity contribution >= 4 is 46.6 Å². The minimum absolute atomic E-state index is 0.132. The van der Waals surface area contributed by atoms with E-state index in [9.17, 15) is 9.59 Å². The number of thioether (sulfide) groups is 1. The fourth-order valence-corrected chi connectivity index (χ4v) is 3.18. The molecule has 1 heterocycles. The van der Waals surface area contributed by atoms with Crippen LogP contribution in [0.15, 0.2) is 47.6 Å². The Morgan fingerprint density at radius 2 is 1.79 bits per heavy atom. The zero-order chi connectivity index (χ0) is 20.1. The SMILES string of the molecule is CC(=O)Nc1ccc(NC(=O)CSc2nnnn2-c2ccc(C)c(Cl)c2)cc1. The van der Waals surface area contributed by atoms with E-state index >= 15 is 0 Å². The topological polar surface area (TPSA) is 102 Å². The summed E-state index contributed by atoms with van der Waals surface area (Å²) in [6.45, 7) is 3.35. The highest BCUT2D eigenvalue weighted by atomic mass is 35.5. The lowest BCUT2D eigenvalue weighted by molar-refractivity contribution is -0.114. The minimum atomic E-state index is -0.200. The summed E-state index contributed by atoms with van der Waals surface area (Å²) in [5, 5.41) is 18.2. The van der Waals surface area contributed by atoms with Crippen molar-refractivity contribution in [3.8, 4) is 5.69 Å². The quantitative estimate of drug-likeness (QED) is 0.598. The fraction of sp³-hybridized carbons (Fsp3) is 0.167. The van der Waals surface area contributed by atoms with Crippen molar-refractivity contribution in [2.45, 2.75) is 19.0 Å². The molecule has 1 aromatic heterocycles. The third-order valence-electron chi connectivity index (χ3n) is 3.66. The lowest BCUT2D eigenvalue weighted by atomic mass is 10.2. The van der Waals surface area contributed by atoms with E-state index in [0.717, 1.165) is 11.3 Å². The maximum atomic E-state index is 12.2. The molecule has 2 amide bonds. The van der Waals surface area contributed by atoms with Crippen LogP contribution in [0.3, 0.4) is 0 Å². The second-order valence-electron chi connectivity index (χ2n) is 5.90. The molecule has 0 spiro atoms. The number of anilines is 2. The highest BCUT2D eigenvalue weighted by Gasteiger charge is 2.12. The Kier molecular flexibility index (Phi) is 6.27. The van der Waals surface area contributed by atoms with Gasteiger partial charge >= 0.3 is 0 Å². The highest BCUT2D eigenvalue weighted by molar-refractivity contribution is 7.99. The lowest BCUT2D eigenvalue weighted by Crippen LogP contribution is -2.14. The minimum Gasteiger partial charge on any atom is -0.326 e. The molecule has 8 nitrogen and oxygen atoms in total. The molecule has 0 saturated carbocycles. The first-order chi connectivity index (χ1) is 13.4. The van der Waals surface area contributed by atoms with E-state index in [-0.39, 0.29) is 17.6 Å². The third-order valence-corrected chi connectivity index (χ3v) is 4.99. The number of carbonyl (C=O) groups is 2. The smallest absolute Gasteiger partial charge is 0.234 e. The number of carbonyl (C=O) groups excluding carboxylic acids is 2. The number of amides is 2. The van der Waals surface area contributed by atoms with Crippen LogP contribution in [0.1, 0.15) is 12.5 Å². The summed E-state index contributed by atoms with van der Waals surface area (Å²) in [5.41, 5.74) is 2.97. The Balaban J connectivity index is 1.60. The largest absolute Gasteiger partial charge is 0.326 e. The van der Waals surface area contributed by atoms with Crippen molar-refractivity contribution in [3.63, 3.8) is 0 Å². The molecule has 0 fully saturated rings. The average Bonchev–Trinajstić information content (AvgIpc) is 3.12. The molecule has 0 bridgehead atoms. The molecule has 0 saturated heterocycles. The van der Waals surface area contributed by atoms with Gasteiger partial charge in [0.15, 0.2) is 0 Å². The summed E-state index contributed by atoms with van der Waals surface area (Å²) >= 11 is 7.38. The van der Waals surface area contributed by atoms with Crippen molar-refractivity contribution in [1.29, 1.82) is 0 Å². The number of halogens is 1. The molecule has 3 rings (SSSR count). The zero-order valence-electron chi connectivity index (χ0n) is 15.1. The Morgan fingerprint density at radius 3 is 2.43 bits per heavy atom. The van der Waals surface area contributed by atoms with Gasteiger partial charge in [-0.1, -0.05) is 29.4 Å². The van der Waals surface area contributed by atoms with Crippen LogP contribution in [0.25, 0.3) is 5.69 Å². The number of benzene rings is 2. The standard InChI is InChI=1S/C18H17ClN6O2S/c1-11-3-8-15(9-16(11)19)25-18(22-23-24-25)28-10-17(27)21-14-6-4-13(5-7-14)20-12(2)26/h3-9H,10H2,1-2H3,(H,20,26)(H,21,27). The van der Waals surface area contributed by atoms with Crippen LogP contribution in [0, 0.1) is 6.92 Å². The van der Waals surface area contributed by atoms with E-state index in [0.29, 0.717) is 21.6 Å². The average molecular weight is 417 g/mol. The van der Waals surface area contributed by atoms with E-state index in [4.69, 9.17) is 11.6 Å². The summed E-state index contributed by atoms with van der Waals surface area (Å²) in [5.74, 6) is -0.220. The molecule has 28 heavy (non-hydrogen) atoms. The number of aryl methyl sites for hydroxylation is 1. The maximum absolute atomic E-state index is 12.2. The summed E-state index contributed by atoms with van der Waals surface area (Å²) in [6.07, 6.45) is 0. The Labute approximate surface area is 170 Å². The maximum Gasteiger partial charge on any atom is 0.234 e. The van der Waals surface area contributed by atoms with Gasteiger partial charge in [0.2, 0.25) is 17.0 Å². The molecule has 144 valence electrons. The summed E-state index contributed by atoms with van der Waals surface area (Å²) in [7, 11) is 0. The molecule has 0 aliphatic carbocycles. The summed E-state index contributed by atoms with van der Waals surface area (Å²) in [6, 6.07) is 12.4. The number of aromatic nitrogens is 4. The monoisotopic (exact) mass is 416 g/mol. The highest BCUT2D eigenvalue weighted by Crippen LogP contribution is 2.23. The van der Waals surface area contributed by atoms with Crippen LogP contribution in [0.5, 0.6) is 0 Å². The van der Waals surface area contributed by atoms with Crippen LogP contribution in [-0.2, 0) is 9.59 Å². The van der Waals surface area contributed by atoms with Gasteiger partial charge in [0.1, 0.15) is 0 Å². The van der Waals surface area contributed by atoms with Gasteiger partial charge in [-0.25, -0.2) is 0 Å². The van der Waals surface area contributed by atoms with Gasteiger partial charge in [-0.2, -0.15) is 4.68 Å². The zero-order valence-corrected chi connectivity index (χ0v) is 16.7. The van der Waals surface area contributed by atoms with Gasteiger partial charge in [0.25, 0.3) is 0 Å². The molecular formula is C18H17ClN6O2S. The lowest BCUT2D eigenvalue weighted by Gasteiger charge is -2.08. The molecule has 10 heteroatoms. The van der Waals surface area contributed by atoms with Gasteiger partial charge in [0, 0.05) is 23.3 Å². The number of hydrogen-bond acceptors (Lipinski definition) is 6. The van der Waals surface area contributed by atoms with Gasteiger partial charge < -0.3 is 10.6 Å². The molecule has 0 aliphatic rings. The predicted octanol–water partition coefficient (Wildman–Crippen LogP) is 3.31. The van der Waals surface area contributed by atoms with Gasteiger partial charge in [-0.3, -0.25) is 9.59 Å². The first-order valence-corrected chi connectivity index (χ1v) is 9.64. The Morgan fingerprint density at radius 1 is 1.11 bits per heavy atom. The van der Waals surface area contributed by atoms with Crippen molar-refractivity contribution in [3.05, 3.63) is 53.1 Å². The normalized spacial score (nSPS) is 10.5.